The molecule has 2 atom stereocenters. The van der Waals surface area contributed by atoms with E-state index in [-0.39, 0.29) is 25.8 Å². The van der Waals surface area contributed by atoms with Crippen molar-refractivity contribution in [3.63, 3.8) is 0 Å². The van der Waals surface area contributed by atoms with Crippen molar-refractivity contribution in [2.24, 2.45) is 5.41 Å². The predicted molar refractivity (Wildman–Crippen MR) is 93.6 cm³/mol. The number of piperidine rings is 1. The molecule has 1 N–H and O–H groups in total. The minimum Gasteiger partial charge on any atom is -0.476 e. The maximum atomic E-state index is 14.4. The molecule has 31 heavy (non-hydrogen) atoms. The number of rotatable bonds is 6. The van der Waals surface area contributed by atoms with Gasteiger partial charge in [0.2, 0.25) is 21.9 Å². The van der Waals surface area contributed by atoms with Gasteiger partial charge < -0.3 is 10.1 Å². The first kappa shape index (κ1) is 23.8. The van der Waals surface area contributed by atoms with Crippen molar-refractivity contribution in [3.05, 3.63) is 11.8 Å². The summed E-state index contributed by atoms with van der Waals surface area (Å²) < 4.78 is 122. The zero-order valence-corrected chi connectivity index (χ0v) is 16.9. The van der Waals surface area contributed by atoms with Crippen LogP contribution < -0.4 is 10.1 Å². The molecular weight excluding hydrogens is 461 g/mol. The Morgan fingerprint density at radius 1 is 1.26 bits per heavy atom. The van der Waals surface area contributed by atoms with Gasteiger partial charge in [-0.2, -0.15) is 35.6 Å². The van der Waals surface area contributed by atoms with Crippen LogP contribution in [0.4, 0.5) is 36.7 Å². The van der Waals surface area contributed by atoms with Crippen molar-refractivity contribution in [1.82, 2.24) is 14.3 Å². The maximum Gasteiger partial charge on any atom is 0.423 e. The summed E-state index contributed by atoms with van der Waals surface area (Å²) >= 11 is 0. The van der Waals surface area contributed by atoms with Crippen LogP contribution in [0.2, 0.25) is 0 Å². The van der Waals surface area contributed by atoms with E-state index in [1.54, 1.807) is 0 Å². The van der Waals surface area contributed by atoms with E-state index in [9.17, 15) is 39.2 Å². The smallest absolute Gasteiger partial charge is 0.423 e. The van der Waals surface area contributed by atoms with Crippen molar-refractivity contribution >= 4 is 16.0 Å². The normalized spacial score (nSPS) is 24.6. The number of nitrogens with zero attached hydrogens (tertiary/aromatic N) is 3. The highest BCUT2D eigenvalue weighted by atomic mass is 32.2. The Hall–Kier alpha value is -1.90. The molecule has 1 aliphatic carbocycles. The summed E-state index contributed by atoms with van der Waals surface area (Å²) in [4.78, 5) is 6.99. The van der Waals surface area contributed by atoms with Crippen LogP contribution in [0.5, 0.6) is 5.88 Å². The van der Waals surface area contributed by atoms with Gasteiger partial charge in [0.25, 0.3) is 0 Å². The number of hydrogen-bond acceptors (Lipinski definition) is 6. The molecule has 3 rings (SSSR count). The average molecular weight is 480 g/mol. The standard InChI is InChI=1S/C16H19F7N4O3S/c1-31(28,29)27-5-2-11(10(17)7-27)25-13-24-6-9(15(18,19)20)12(26-13)30-8-14(3-4-14)16(21,22)23/h6,10-11H,2-5,7-8H2,1H3,(H,24,25,26). The minimum atomic E-state index is -4.98. The summed E-state index contributed by atoms with van der Waals surface area (Å²) in [5.41, 5.74) is -3.67. The predicted octanol–water partition coefficient (Wildman–Crippen LogP) is 3.00. The van der Waals surface area contributed by atoms with Crippen molar-refractivity contribution in [1.29, 1.82) is 0 Å². The largest absolute Gasteiger partial charge is 0.476 e. The molecule has 1 saturated carbocycles. The van der Waals surface area contributed by atoms with Gasteiger partial charge in [0.15, 0.2) is 0 Å². The van der Waals surface area contributed by atoms with Crippen LogP contribution in [0.15, 0.2) is 6.20 Å². The molecule has 7 nitrogen and oxygen atoms in total. The summed E-state index contributed by atoms with van der Waals surface area (Å²) in [5, 5.41) is 2.48. The van der Waals surface area contributed by atoms with Gasteiger partial charge in [-0.1, -0.05) is 0 Å². The first-order chi connectivity index (χ1) is 14.1. The fourth-order valence-corrected chi connectivity index (χ4v) is 3.96. The fourth-order valence-electron chi connectivity index (χ4n) is 3.11. The molecule has 0 bridgehead atoms. The van der Waals surface area contributed by atoms with E-state index < -0.39 is 70.5 Å². The van der Waals surface area contributed by atoms with Gasteiger partial charge in [0.1, 0.15) is 23.8 Å². The molecule has 15 heteroatoms. The van der Waals surface area contributed by atoms with Crippen LogP contribution in [-0.4, -0.2) is 67.0 Å². The summed E-state index contributed by atoms with van der Waals surface area (Å²) in [6, 6.07) is -1.01. The fraction of sp³-hybridized carbons (Fsp3) is 0.750. The van der Waals surface area contributed by atoms with Gasteiger partial charge in [-0.05, 0) is 19.3 Å². The van der Waals surface area contributed by atoms with Crippen molar-refractivity contribution < 1.29 is 43.9 Å². The van der Waals surface area contributed by atoms with Crippen LogP contribution >= 0.6 is 0 Å². The average Bonchev–Trinajstić information content (AvgIpc) is 3.41. The highest BCUT2D eigenvalue weighted by Gasteiger charge is 2.64. The van der Waals surface area contributed by atoms with Crippen molar-refractivity contribution in [2.45, 2.75) is 43.8 Å². The number of hydrogen-bond donors (Lipinski definition) is 1. The monoisotopic (exact) mass is 480 g/mol. The number of halogens is 7. The van der Waals surface area contributed by atoms with E-state index in [1.165, 1.54) is 0 Å². The SMILES string of the molecule is CS(=O)(=O)N1CCC(Nc2ncc(C(F)(F)F)c(OCC3(C(F)(F)F)CC3)n2)C(F)C1. The molecule has 0 spiro atoms. The van der Waals surface area contributed by atoms with Gasteiger partial charge in [-0.15, -0.1) is 0 Å². The zero-order valence-electron chi connectivity index (χ0n) is 16.1. The number of anilines is 1. The molecule has 2 fully saturated rings. The van der Waals surface area contributed by atoms with Crippen LogP contribution in [0, 0.1) is 5.41 Å². The Balaban J connectivity index is 1.76. The van der Waals surface area contributed by atoms with E-state index in [0.717, 1.165) is 10.6 Å². The lowest BCUT2D eigenvalue weighted by Gasteiger charge is -2.33. The van der Waals surface area contributed by atoms with E-state index in [1.807, 2.05) is 0 Å². The quantitative estimate of drug-likeness (QED) is 0.631. The molecular formula is C16H19F7N4O3S. The topological polar surface area (TPSA) is 84.4 Å². The Bertz CT molecular complexity index is 919. The molecule has 1 aliphatic heterocycles. The van der Waals surface area contributed by atoms with Crippen LogP contribution in [0.3, 0.4) is 0 Å². The first-order valence-corrected chi connectivity index (χ1v) is 11.0. The summed E-state index contributed by atoms with van der Waals surface area (Å²) in [6.45, 7) is -1.53. The Kier molecular flexibility index (Phi) is 6.06. The second kappa shape index (κ2) is 7.90. The second-order valence-corrected chi connectivity index (χ2v) is 9.64. The van der Waals surface area contributed by atoms with Gasteiger partial charge in [0, 0.05) is 19.3 Å². The summed E-state index contributed by atoms with van der Waals surface area (Å²) in [5.74, 6) is -1.56. The molecule has 1 saturated heterocycles. The molecule has 1 aromatic heterocycles. The maximum absolute atomic E-state index is 14.4. The first-order valence-electron chi connectivity index (χ1n) is 9.12. The molecule has 176 valence electrons. The van der Waals surface area contributed by atoms with E-state index >= 15 is 0 Å². The Morgan fingerprint density at radius 3 is 2.39 bits per heavy atom. The van der Waals surface area contributed by atoms with Crippen molar-refractivity contribution in [2.75, 3.05) is 31.3 Å². The number of sulfonamides is 1. The summed E-state index contributed by atoms with van der Waals surface area (Å²) in [7, 11) is -3.61. The van der Waals surface area contributed by atoms with Gasteiger partial charge in [-0.25, -0.2) is 17.8 Å². The third kappa shape index (κ3) is 5.30. The van der Waals surface area contributed by atoms with Gasteiger partial charge >= 0.3 is 12.4 Å². The van der Waals surface area contributed by atoms with E-state index in [2.05, 4.69) is 15.3 Å². The van der Waals surface area contributed by atoms with E-state index in [4.69, 9.17) is 4.74 Å². The van der Waals surface area contributed by atoms with Crippen LogP contribution in [0.1, 0.15) is 24.8 Å². The minimum absolute atomic E-state index is 0.0218. The van der Waals surface area contributed by atoms with Gasteiger partial charge in [-0.3, -0.25) is 0 Å². The Labute approximate surface area is 173 Å². The Morgan fingerprint density at radius 2 is 1.90 bits per heavy atom. The number of aromatic nitrogens is 2. The van der Waals surface area contributed by atoms with Crippen molar-refractivity contribution in [3.8, 4) is 5.88 Å². The molecule has 0 aromatic carbocycles. The van der Waals surface area contributed by atoms with Crippen LogP contribution in [0.25, 0.3) is 0 Å². The molecule has 2 aliphatic rings. The molecule has 0 amide bonds. The lowest BCUT2D eigenvalue weighted by Crippen LogP contribution is -2.49. The molecule has 1 aromatic rings. The van der Waals surface area contributed by atoms with Crippen LogP contribution in [-0.2, 0) is 16.2 Å². The zero-order chi connectivity index (χ0) is 23.2. The highest BCUT2D eigenvalue weighted by molar-refractivity contribution is 7.88. The molecule has 2 unspecified atom stereocenters. The number of nitrogens with one attached hydrogen (secondary N) is 1. The second-order valence-electron chi connectivity index (χ2n) is 7.65. The lowest BCUT2D eigenvalue weighted by atomic mass is 10.1. The highest BCUT2D eigenvalue weighted by Crippen LogP contribution is 2.57. The third-order valence-corrected chi connectivity index (χ3v) is 6.56. The lowest BCUT2D eigenvalue weighted by molar-refractivity contribution is -0.195. The van der Waals surface area contributed by atoms with E-state index in [0.29, 0.717) is 6.20 Å². The number of ether oxygens (including phenoxy) is 1. The molecule has 2 heterocycles. The third-order valence-electron chi connectivity index (χ3n) is 5.29. The number of alkyl halides is 7. The molecule has 0 radical (unpaired) electrons. The summed E-state index contributed by atoms with van der Waals surface area (Å²) in [6.07, 6.45) is -10.6. The van der Waals surface area contributed by atoms with Gasteiger partial charge in [0.05, 0.1) is 12.3 Å².